The molecule has 0 bridgehead atoms. The number of terminal acetylenes is 1. The second kappa shape index (κ2) is 5.73. The van der Waals surface area contributed by atoms with Crippen LogP contribution in [0.2, 0.25) is 5.02 Å². The van der Waals surface area contributed by atoms with E-state index in [4.69, 9.17) is 18.0 Å². The van der Waals surface area contributed by atoms with Gasteiger partial charge in [0.1, 0.15) is 0 Å². The number of hydrogen-bond donors (Lipinski definition) is 1. The smallest absolute Gasteiger partial charge is 0.220 e. The third-order valence-electron chi connectivity index (χ3n) is 4.32. The van der Waals surface area contributed by atoms with Crippen LogP contribution in [0.3, 0.4) is 0 Å². The zero-order chi connectivity index (χ0) is 15.6. The molecule has 3 rings (SSSR count). The number of rotatable bonds is 7. The topological polar surface area (TPSA) is 53.8 Å². The molecule has 1 heterocycles. The monoisotopic (exact) mass is 315 g/mol. The molecule has 1 amide bonds. The van der Waals surface area contributed by atoms with Crippen LogP contribution in [0.1, 0.15) is 44.1 Å². The van der Waals surface area contributed by atoms with Crippen LogP contribution in [0.25, 0.3) is 0 Å². The van der Waals surface area contributed by atoms with E-state index in [1.54, 1.807) is 0 Å². The summed E-state index contributed by atoms with van der Waals surface area (Å²) in [6.45, 7) is 0. The van der Waals surface area contributed by atoms with Crippen LogP contribution in [-0.2, 0) is 10.3 Å². The molecule has 2 aliphatic rings. The lowest BCUT2D eigenvalue weighted by atomic mass is 10.0. The molecule has 0 unspecified atom stereocenters. The van der Waals surface area contributed by atoms with Crippen molar-refractivity contribution in [2.45, 2.75) is 49.7 Å². The van der Waals surface area contributed by atoms with Gasteiger partial charge in [-0.25, -0.2) is 0 Å². The third kappa shape index (κ3) is 3.15. The third-order valence-corrected chi connectivity index (χ3v) is 4.65. The van der Waals surface area contributed by atoms with E-state index in [2.05, 4.69) is 21.5 Å². The Balaban J connectivity index is 1.55. The first kappa shape index (κ1) is 15.1. The largest absolute Gasteiger partial charge is 0.347 e. The van der Waals surface area contributed by atoms with Crippen LogP contribution in [0, 0.1) is 12.3 Å². The molecule has 0 spiro atoms. The summed E-state index contributed by atoms with van der Waals surface area (Å²) in [6, 6.07) is 7.69. The fourth-order valence-corrected chi connectivity index (χ4v) is 3.06. The van der Waals surface area contributed by atoms with E-state index in [9.17, 15) is 4.79 Å². The van der Waals surface area contributed by atoms with Crippen molar-refractivity contribution in [3.63, 3.8) is 0 Å². The van der Waals surface area contributed by atoms with Gasteiger partial charge in [-0.05, 0) is 24.5 Å². The lowest BCUT2D eigenvalue weighted by Gasteiger charge is -2.19. The Kier molecular flexibility index (Phi) is 3.92. The standard InChI is InChI=1S/C17H18ClN3O/c1-2-3-9-17(20-21-17)10-8-15(22)19-16(11-12-16)13-6-4-5-7-14(13)18/h1,4-7H,3,8-12H2,(H,19,22). The zero-order valence-electron chi connectivity index (χ0n) is 12.3. The number of hydrogen-bond acceptors (Lipinski definition) is 3. The fraction of sp³-hybridized carbons (Fsp3) is 0.471. The van der Waals surface area contributed by atoms with E-state index in [1.807, 2.05) is 24.3 Å². The number of carbonyl (C=O) groups excluding carboxylic acids is 1. The van der Waals surface area contributed by atoms with Gasteiger partial charge in [0.05, 0.1) is 5.54 Å². The average molecular weight is 316 g/mol. The first-order valence-electron chi connectivity index (χ1n) is 7.53. The number of halogens is 1. The SMILES string of the molecule is C#CCCC1(CCC(=O)NC2(c3ccccc3Cl)CC2)N=N1. The summed E-state index contributed by atoms with van der Waals surface area (Å²) in [7, 11) is 0. The summed E-state index contributed by atoms with van der Waals surface area (Å²) >= 11 is 6.25. The van der Waals surface area contributed by atoms with E-state index >= 15 is 0 Å². The maximum absolute atomic E-state index is 12.3. The van der Waals surface area contributed by atoms with E-state index in [-0.39, 0.29) is 11.4 Å². The Hall–Kier alpha value is -1.86. The molecule has 1 aliphatic carbocycles. The summed E-state index contributed by atoms with van der Waals surface area (Å²) < 4.78 is 0. The highest BCUT2D eigenvalue weighted by atomic mass is 35.5. The van der Waals surface area contributed by atoms with Crippen LogP contribution in [-0.4, -0.2) is 11.6 Å². The Morgan fingerprint density at radius 1 is 1.32 bits per heavy atom. The molecule has 1 fully saturated rings. The molecule has 1 aliphatic heterocycles. The van der Waals surface area contributed by atoms with Crippen LogP contribution in [0.15, 0.2) is 34.5 Å². The molecular weight excluding hydrogens is 298 g/mol. The molecule has 22 heavy (non-hydrogen) atoms. The van der Waals surface area contributed by atoms with Crippen LogP contribution < -0.4 is 5.32 Å². The van der Waals surface area contributed by atoms with E-state index in [1.165, 1.54) is 0 Å². The van der Waals surface area contributed by atoms with Gasteiger partial charge in [-0.2, -0.15) is 10.2 Å². The number of nitrogens with zero attached hydrogens (tertiary/aromatic N) is 2. The van der Waals surface area contributed by atoms with Gasteiger partial charge in [-0.1, -0.05) is 29.8 Å². The highest BCUT2D eigenvalue weighted by molar-refractivity contribution is 6.31. The molecule has 5 heteroatoms. The molecule has 1 aromatic rings. The predicted octanol–water partition coefficient (Wildman–Crippen LogP) is 3.80. The molecule has 0 atom stereocenters. The second-order valence-electron chi connectivity index (χ2n) is 6.00. The van der Waals surface area contributed by atoms with Crippen molar-refractivity contribution in [1.29, 1.82) is 0 Å². The summed E-state index contributed by atoms with van der Waals surface area (Å²) in [4.78, 5) is 12.3. The molecule has 1 aromatic carbocycles. The summed E-state index contributed by atoms with van der Waals surface area (Å²) in [5, 5.41) is 12.0. The van der Waals surface area contributed by atoms with Gasteiger partial charge in [-0.3, -0.25) is 4.79 Å². The normalized spacial score (nSPS) is 19.3. The number of carbonyl (C=O) groups is 1. The van der Waals surface area contributed by atoms with Crippen LogP contribution >= 0.6 is 11.6 Å². The van der Waals surface area contributed by atoms with Gasteiger partial charge in [-0.15, -0.1) is 12.3 Å². The molecule has 114 valence electrons. The minimum Gasteiger partial charge on any atom is -0.347 e. The fourth-order valence-electron chi connectivity index (χ4n) is 2.75. The Bertz CT molecular complexity index is 652. The molecule has 1 N–H and O–H groups in total. The van der Waals surface area contributed by atoms with Gasteiger partial charge in [0, 0.05) is 30.7 Å². The maximum atomic E-state index is 12.3. The number of benzene rings is 1. The highest BCUT2D eigenvalue weighted by Gasteiger charge is 2.47. The minimum atomic E-state index is -0.398. The van der Waals surface area contributed by atoms with Gasteiger partial charge >= 0.3 is 0 Å². The first-order chi connectivity index (χ1) is 10.6. The van der Waals surface area contributed by atoms with Crippen molar-refractivity contribution in [2.75, 3.05) is 0 Å². The van der Waals surface area contributed by atoms with Crippen molar-refractivity contribution in [2.24, 2.45) is 10.2 Å². The lowest BCUT2D eigenvalue weighted by molar-refractivity contribution is -0.122. The lowest BCUT2D eigenvalue weighted by Crippen LogP contribution is -2.35. The van der Waals surface area contributed by atoms with Crippen LogP contribution in [0.5, 0.6) is 0 Å². The summed E-state index contributed by atoms with van der Waals surface area (Å²) in [5.74, 6) is 2.62. The van der Waals surface area contributed by atoms with Crippen molar-refractivity contribution in [3.05, 3.63) is 34.9 Å². The minimum absolute atomic E-state index is 0.0230. The van der Waals surface area contributed by atoms with Gasteiger partial charge in [0.2, 0.25) is 5.91 Å². The van der Waals surface area contributed by atoms with Crippen molar-refractivity contribution < 1.29 is 4.79 Å². The van der Waals surface area contributed by atoms with Crippen molar-refractivity contribution >= 4 is 17.5 Å². The number of nitrogens with one attached hydrogen (secondary N) is 1. The predicted molar refractivity (Wildman–Crippen MR) is 85.4 cm³/mol. The van der Waals surface area contributed by atoms with Gasteiger partial charge in [0.15, 0.2) is 5.66 Å². The maximum Gasteiger partial charge on any atom is 0.220 e. The van der Waals surface area contributed by atoms with E-state index in [0.717, 1.165) is 24.8 Å². The van der Waals surface area contributed by atoms with E-state index < -0.39 is 5.66 Å². The van der Waals surface area contributed by atoms with Gasteiger partial charge in [0.25, 0.3) is 0 Å². The van der Waals surface area contributed by atoms with E-state index in [0.29, 0.717) is 24.3 Å². The summed E-state index contributed by atoms with van der Waals surface area (Å²) in [5.41, 5.74) is 0.331. The Labute approximate surface area is 135 Å². The molecule has 4 nitrogen and oxygen atoms in total. The second-order valence-corrected chi connectivity index (χ2v) is 6.40. The molecular formula is C17H18ClN3O. The molecule has 0 saturated heterocycles. The zero-order valence-corrected chi connectivity index (χ0v) is 13.1. The summed E-state index contributed by atoms with van der Waals surface area (Å²) in [6.07, 6.45) is 9.52. The van der Waals surface area contributed by atoms with Crippen LogP contribution in [0.4, 0.5) is 0 Å². The molecule has 0 radical (unpaired) electrons. The first-order valence-corrected chi connectivity index (χ1v) is 7.91. The Morgan fingerprint density at radius 2 is 2.05 bits per heavy atom. The van der Waals surface area contributed by atoms with Gasteiger partial charge < -0.3 is 5.32 Å². The molecule has 1 saturated carbocycles. The quantitative estimate of drug-likeness (QED) is 0.764. The highest BCUT2D eigenvalue weighted by Crippen LogP contribution is 2.48. The van der Waals surface area contributed by atoms with Crippen molar-refractivity contribution in [3.8, 4) is 12.3 Å². The molecule has 0 aromatic heterocycles. The number of amides is 1. The van der Waals surface area contributed by atoms with Crippen molar-refractivity contribution in [1.82, 2.24) is 5.32 Å². The average Bonchev–Trinajstić information content (AvgIpc) is 3.41. The Morgan fingerprint density at radius 3 is 2.64 bits per heavy atom.